The molecule has 3 rings (SSSR count). The first-order valence-corrected chi connectivity index (χ1v) is 6.06. The third kappa shape index (κ3) is 1.83. The van der Waals surface area contributed by atoms with Gasteiger partial charge in [-0.15, -0.1) is 11.3 Å². The highest BCUT2D eigenvalue weighted by molar-refractivity contribution is 7.07. The van der Waals surface area contributed by atoms with Crippen LogP contribution in [0.25, 0.3) is 10.9 Å². The number of carbonyl (C=O) groups is 1. The fraction of sp³-hybridized carbons (Fsp3) is 0. The normalized spacial score (nSPS) is 10.6. The average molecular weight is 240 g/mol. The van der Waals surface area contributed by atoms with Gasteiger partial charge < -0.3 is 0 Å². The van der Waals surface area contributed by atoms with Crippen molar-refractivity contribution in [3.05, 3.63) is 58.7 Å². The Bertz CT molecular complexity index is 677. The van der Waals surface area contributed by atoms with Crippen LogP contribution in [0, 0.1) is 0 Å². The van der Waals surface area contributed by atoms with Crippen molar-refractivity contribution < 1.29 is 4.79 Å². The molecule has 0 aliphatic rings. The van der Waals surface area contributed by atoms with E-state index in [1.165, 1.54) is 11.3 Å². The highest BCUT2D eigenvalue weighted by Crippen LogP contribution is 2.16. The maximum Gasteiger partial charge on any atom is 0.212 e. The first-order valence-electron chi connectivity index (χ1n) is 5.12. The van der Waals surface area contributed by atoms with Crippen LogP contribution in [0.2, 0.25) is 0 Å². The Morgan fingerprint density at radius 3 is 2.94 bits per heavy atom. The number of hydrogen-bond donors (Lipinski definition) is 0. The molecule has 0 saturated carbocycles. The van der Waals surface area contributed by atoms with Crippen molar-refractivity contribution in [3.8, 4) is 0 Å². The fourth-order valence-electron chi connectivity index (χ4n) is 1.69. The van der Waals surface area contributed by atoms with E-state index < -0.39 is 0 Å². The number of thiazole rings is 1. The highest BCUT2D eigenvalue weighted by atomic mass is 32.1. The van der Waals surface area contributed by atoms with Gasteiger partial charge in [0.2, 0.25) is 5.78 Å². The van der Waals surface area contributed by atoms with Gasteiger partial charge in [0.15, 0.2) is 0 Å². The standard InChI is InChI=1S/C13H8N2OS/c16-13(12-7-17-8-15-12)10-3-4-11-9(6-10)2-1-5-14-11/h1-8H. The zero-order valence-corrected chi connectivity index (χ0v) is 9.65. The van der Waals surface area contributed by atoms with E-state index >= 15 is 0 Å². The largest absolute Gasteiger partial charge is 0.287 e. The minimum absolute atomic E-state index is 0.0444. The summed E-state index contributed by atoms with van der Waals surface area (Å²) in [5.41, 5.74) is 3.70. The van der Waals surface area contributed by atoms with Crippen LogP contribution in [0.15, 0.2) is 47.4 Å². The molecule has 2 heterocycles. The van der Waals surface area contributed by atoms with Crippen molar-refractivity contribution in [1.29, 1.82) is 0 Å². The lowest BCUT2D eigenvalue weighted by Crippen LogP contribution is -2.01. The predicted molar refractivity (Wildman–Crippen MR) is 67.3 cm³/mol. The van der Waals surface area contributed by atoms with Crippen molar-refractivity contribution in [3.63, 3.8) is 0 Å². The number of carbonyl (C=O) groups excluding carboxylic acids is 1. The fourth-order valence-corrected chi connectivity index (χ4v) is 2.22. The number of nitrogens with zero attached hydrogens (tertiary/aromatic N) is 2. The number of ketones is 1. The smallest absolute Gasteiger partial charge is 0.212 e. The van der Waals surface area contributed by atoms with Crippen molar-refractivity contribution in [1.82, 2.24) is 9.97 Å². The summed E-state index contributed by atoms with van der Waals surface area (Å²) in [6, 6.07) is 9.30. The molecule has 0 fully saturated rings. The van der Waals surface area contributed by atoms with Gasteiger partial charge in [-0.05, 0) is 24.3 Å². The van der Waals surface area contributed by atoms with Gasteiger partial charge in [0.25, 0.3) is 0 Å². The zero-order chi connectivity index (χ0) is 11.7. The molecular weight excluding hydrogens is 232 g/mol. The molecule has 3 nitrogen and oxygen atoms in total. The van der Waals surface area contributed by atoms with Crippen molar-refractivity contribution in [2.75, 3.05) is 0 Å². The van der Waals surface area contributed by atoms with E-state index in [9.17, 15) is 4.79 Å². The number of fused-ring (bicyclic) bond motifs is 1. The third-order valence-electron chi connectivity index (χ3n) is 2.53. The van der Waals surface area contributed by atoms with Crippen LogP contribution in [0.3, 0.4) is 0 Å². The number of pyridine rings is 1. The molecule has 1 aromatic carbocycles. The van der Waals surface area contributed by atoms with Gasteiger partial charge in [-0.1, -0.05) is 6.07 Å². The summed E-state index contributed by atoms with van der Waals surface area (Å²) in [6.07, 6.45) is 1.74. The van der Waals surface area contributed by atoms with Crippen LogP contribution in [0.5, 0.6) is 0 Å². The second-order valence-corrected chi connectivity index (χ2v) is 4.33. The average Bonchev–Trinajstić information content (AvgIpc) is 2.91. The molecule has 0 atom stereocenters. The van der Waals surface area contributed by atoms with Crippen LogP contribution in [-0.4, -0.2) is 15.8 Å². The second-order valence-electron chi connectivity index (χ2n) is 3.61. The van der Waals surface area contributed by atoms with Crippen LogP contribution in [-0.2, 0) is 0 Å². The molecule has 0 radical (unpaired) electrons. The number of hydrogen-bond acceptors (Lipinski definition) is 4. The molecule has 0 aliphatic heterocycles. The molecule has 0 amide bonds. The molecule has 0 spiro atoms. The lowest BCUT2D eigenvalue weighted by molar-refractivity contribution is 0.103. The third-order valence-corrected chi connectivity index (χ3v) is 3.12. The number of benzene rings is 1. The monoisotopic (exact) mass is 240 g/mol. The van der Waals surface area contributed by atoms with Gasteiger partial charge in [0, 0.05) is 22.5 Å². The highest BCUT2D eigenvalue weighted by Gasteiger charge is 2.11. The Hall–Kier alpha value is -2.07. The maximum atomic E-state index is 12.1. The lowest BCUT2D eigenvalue weighted by Gasteiger charge is -2.00. The predicted octanol–water partition coefficient (Wildman–Crippen LogP) is 2.92. The van der Waals surface area contributed by atoms with Crippen molar-refractivity contribution in [2.45, 2.75) is 0 Å². The summed E-state index contributed by atoms with van der Waals surface area (Å²) >= 11 is 1.42. The first-order chi connectivity index (χ1) is 8.34. The van der Waals surface area contributed by atoms with E-state index in [0.29, 0.717) is 11.3 Å². The first kappa shape index (κ1) is 10.1. The van der Waals surface area contributed by atoms with Crippen LogP contribution in [0.4, 0.5) is 0 Å². The van der Waals surface area contributed by atoms with E-state index in [4.69, 9.17) is 0 Å². The maximum absolute atomic E-state index is 12.1. The Labute approximate surface area is 102 Å². The number of aromatic nitrogens is 2. The molecule has 2 aromatic heterocycles. The van der Waals surface area contributed by atoms with Crippen molar-refractivity contribution >= 4 is 28.0 Å². The van der Waals surface area contributed by atoms with Gasteiger partial charge in [-0.25, -0.2) is 4.98 Å². The van der Waals surface area contributed by atoms with Gasteiger partial charge in [0.05, 0.1) is 11.0 Å². The summed E-state index contributed by atoms with van der Waals surface area (Å²) in [7, 11) is 0. The Kier molecular flexibility index (Phi) is 2.42. The van der Waals surface area contributed by atoms with Gasteiger partial charge >= 0.3 is 0 Å². The summed E-state index contributed by atoms with van der Waals surface area (Å²) in [6.45, 7) is 0. The summed E-state index contributed by atoms with van der Waals surface area (Å²) in [4.78, 5) is 20.3. The molecule has 17 heavy (non-hydrogen) atoms. The Morgan fingerprint density at radius 2 is 2.12 bits per heavy atom. The van der Waals surface area contributed by atoms with Gasteiger partial charge in [-0.3, -0.25) is 9.78 Å². The molecule has 3 aromatic rings. The molecule has 0 N–H and O–H groups in total. The SMILES string of the molecule is O=C(c1ccc2ncccc2c1)c1cscn1. The quantitative estimate of drug-likeness (QED) is 0.647. The molecule has 82 valence electrons. The molecule has 0 bridgehead atoms. The summed E-state index contributed by atoms with van der Waals surface area (Å²) in [5, 5.41) is 2.73. The van der Waals surface area contributed by atoms with Crippen molar-refractivity contribution in [2.24, 2.45) is 0 Å². The molecule has 4 heteroatoms. The molecule has 0 unspecified atom stereocenters. The van der Waals surface area contributed by atoms with E-state index in [1.807, 2.05) is 24.3 Å². The molecule has 0 saturated heterocycles. The Balaban J connectivity index is 2.09. The van der Waals surface area contributed by atoms with E-state index in [0.717, 1.165) is 10.9 Å². The molecule has 0 aliphatic carbocycles. The van der Waals surface area contributed by atoms with E-state index in [-0.39, 0.29) is 5.78 Å². The minimum atomic E-state index is -0.0444. The van der Waals surface area contributed by atoms with Gasteiger partial charge in [0.1, 0.15) is 5.69 Å². The number of rotatable bonds is 2. The van der Waals surface area contributed by atoms with Crippen LogP contribution < -0.4 is 0 Å². The van der Waals surface area contributed by atoms with Crippen LogP contribution >= 0.6 is 11.3 Å². The minimum Gasteiger partial charge on any atom is -0.287 e. The lowest BCUT2D eigenvalue weighted by atomic mass is 10.1. The summed E-state index contributed by atoms with van der Waals surface area (Å²) in [5.74, 6) is -0.0444. The Morgan fingerprint density at radius 1 is 1.18 bits per heavy atom. The molecular formula is C13H8N2OS. The second kappa shape index (κ2) is 4.07. The van der Waals surface area contributed by atoms with Gasteiger partial charge in [-0.2, -0.15) is 0 Å². The zero-order valence-electron chi connectivity index (χ0n) is 8.83. The summed E-state index contributed by atoms with van der Waals surface area (Å²) < 4.78 is 0. The van der Waals surface area contributed by atoms with Crippen LogP contribution in [0.1, 0.15) is 16.1 Å². The van der Waals surface area contributed by atoms with E-state index in [2.05, 4.69) is 9.97 Å². The topological polar surface area (TPSA) is 42.9 Å². The van der Waals surface area contributed by atoms with E-state index in [1.54, 1.807) is 23.2 Å².